The predicted molar refractivity (Wildman–Crippen MR) is 168 cm³/mol. The van der Waals surface area contributed by atoms with Crippen LogP contribution in [0.5, 0.6) is 0 Å². The SMILES string of the molecule is CCOC(=O)c1ccc(NC(=O)Cn2c3c(sc2=O)[C@@H](c2cccc(Br)c2)[C@@H]2C(=O)N(c4ccccc4)C(=O)[C@@H]2S3)cc1. The molecule has 2 aliphatic rings. The Labute approximate surface area is 263 Å². The topological polar surface area (TPSA) is 115 Å². The van der Waals surface area contributed by atoms with E-state index >= 15 is 0 Å². The minimum Gasteiger partial charge on any atom is -0.462 e. The summed E-state index contributed by atoms with van der Waals surface area (Å²) in [5.41, 5.74) is 2.09. The molecule has 1 N–H and O–H groups in total. The van der Waals surface area contributed by atoms with Gasteiger partial charge < -0.3 is 10.1 Å². The summed E-state index contributed by atoms with van der Waals surface area (Å²) in [6, 6.07) is 22.6. The summed E-state index contributed by atoms with van der Waals surface area (Å²) in [6.45, 7) is 1.68. The van der Waals surface area contributed by atoms with Crippen molar-refractivity contribution >= 4 is 74.1 Å². The van der Waals surface area contributed by atoms with Gasteiger partial charge >= 0.3 is 10.8 Å². The summed E-state index contributed by atoms with van der Waals surface area (Å²) in [5.74, 6) is -2.86. The second-order valence-corrected chi connectivity index (χ2v) is 13.0. The molecule has 4 aromatic rings. The molecule has 0 radical (unpaired) electrons. The van der Waals surface area contributed by atoms with Crippen molar-refractivity contribution in [1.29, 1.82) is 0 Å². The summed E-state index contributed by atoms with van der Waals surface area (Å²) in [7, 11) is 0. The fourth-order valence-corrected chi connectivity index (χ4v) is 8.58. The number of hydrogen-bond acceptors (Lipinski definition) is 8. The smallest absolute Gasteiger partial charge is 0.338 e. The van der Waals surface area contributed by atoms with Crippen LogP contribution < -0.4 is 15.1 Å². The normalized spacial score (nSPS) is 19.1. The summed E-state index contributed by atoms with van der Waals surface area (Å²) in [5, 5.41) is 2.49. The number of carbonyl (C=O) groups excluding carboxylic acids is 4. The number of thiazole rings is 1. The van der Waals surface area contributed by atoms with Crippen molar-refractivity contribution in [2.75, 3.05) is 16.8 Å². The number of para-hydroxylation sites is 1. The molecule has 0 bridgehead atoms. The second-order valence-electron chi connectivity index (χ2n) is 9.91. The number of thioether (sulfide) groups is 1. The number of esters is 1. The van der Waals surface area contributed by atoms with E-state index in [1.54, 1.807) is 55.5 Å². The maximum absolute atomic E-state index is 13.9. The molecule has 6 rings (SSSR count). The molecular formula is C31H24BrN3O6S2. The first kappa shape index (κ1) is 29.1. The van der Waals surface area contributed by atoms with Crippen molar-refractivity contribution in [3.05, 3.63) is 109 Å². The number of nitrogens with zero attached hydrogens (tertiary/aromatic N) is 2. The number of benzene rings is 3. The summed E-state index contributed by atoms with van der Waals surface area (Å²) in [4.78, 5) is 67.6. The van der Waals surface area contributed by atoms with Crippen molar-refractivity contribution < 1.29 is 23.9 Å². The van der Waals surface area contributed by atoms with Gasteiger partial charge in [-0.3, -0.25) is 23.7 Å². The highest BCUT2D eigenvalue weighted by Gasteiger charge is 2.56. The molecule has 3 aromatic carbocycles. The van der Waals surface area contributed by atoms with E-state index in [-0.39, 0.29) is 29.8 Å². The van der Waals surface area contributed by atoms with Crippen LogP contribution in [0.25, 0.3) is 0 Å². The molecule has 3 amide bonds. The molecule has 0 aliphatic carbocycles. The highest BCUT2D eigenvalue weighted by atomic mass is 79.9. The molecule has 3 atom stereocenters. The Balaban J connectivity index is 1.33. The van der Waals surface area contributed by atoms with E-state index in [0.717, 1.165) is 33.1 Å². The highest BCUT2D eigenvalue weighted by molar-refractivity contribution is 9.10. The summed E-state index contributed by atoms with van der Waals surface area (Å²) in [6.07, 6.45) is 0. The zero-order valence-electron chi connectivity index (χ0n) is 22.7. The van der Waals surface area contributed by atoms with Gasteiger partial charge in [-0.15, -0.1) is 0 Å². The van der Waals surface area contributed by atoms with Crippen LogP contribution in [0.15, 0.2) is 93.2 Å². The maximum Gasteiger partial charge on any atom is 0.338 e. The Bertz CT molecular complexity index is 1800. The van der Waals surface area contributed by atoms with E-state index in [9.17, 15) is 24.0 Å². The van der Waals surface area contributed by atoms with E-state index in [2.05, 4.69) is 21.2 Å². The van der Waals surface area contributed by atoms with Gasteiger partial charge in [-0.25, -0.2) is 9.69 Å². The lowest BCUT2D eigenvalue weighted by atomic mass is 9.83. The molecule has 3 heterocycles. The number of aromatic nitrogens is 1. The molecule has 1 fully saturated rings. The number of rotatable bonds is 7. The molecule has 0 spiro atoms. The van der Waals surface area contributed by atoms with Crippen molar-refractivity contribution in [1.82, 2.24) is 4.57 Å². The van der Waals surface area contributed by atoms with E-state index < -0.39 is 29.0 Å². The first-order chi connectivity index (χ1) is 20.8. The van der Waals surface area contributed by atoms with Crippen LogP contribution in [0.3, 0.4) is 0 Å². The van der Waals surface area contributed by atoms with Crippen LogP contribution in [0.1, 0.15) is 33.6 Å². The zero-order valence-corrected chi connectivity index (χ0v) is 25.9. The number of anilines is 2. The molecule has 0 saturated carbocycles. The Morgan fingerprint density at radius 1 is 0.953 bits per heavy atom. The van der Waals surface area contributed by atoms with E-state index in [1.807, 2.05) is 30.3 Å². The van der Waals surface area contributed by atoms with Gasteiger partial charge in [-0.1, -0.05) is 69.4 Å². The Morgan fingerprint density at radius 3 is 2.40 bits per heavy atom. The van der Waals surface area contributed by atoms with Gasteiger partial charge in [-0.05, 0) is 61.0 Å². The fraction of sp³-hybridized carbons (Fsp3) is 0.194. The molecule has 1 saturated heterocycles. The lowest BCUT2D eigenvalue weighted by molar-refractivity contribution is -0.122. The molecule has 0 unspecified atom stereocenters. The molecule has 1 aromatic heterocycles. The number of nitrogens with one attached hydrogen (secondary N) is 1. The lowest BCUT2D eigenvalue weighted by Crippen LogP contribution is -2.33. The molecule has 2 aliphatic heterocycles. The van der Waals surface area contributed by atoms with Crippen molar-refractivity contribution in [3.63, 3.8) is 0 Å². The van der Waals surface area contributed by atoms with Crippen molar-refractivity contribution in [3.8, 4) is 0 Å². The quantitative estimate of drug-likeness (QED) is 0.209. The highest BCUT2D eigenvalue weighted by Crippen LogP contribution is 2.54. The first-order valence-electron chi connectivity index (χ1n) is 13.4. The second kappa shape index (κ2) is 11.9. The summed E-state index contributed by atoms with van der Waals surface area (Å²) < 4.78 is 7.17. The van der Waals surface area contributed by atoms with Gasteiger partial charge in [0, 0.05) is 21.0 Å². The zero-order chi connectivity index (χ0) is 30.2. The number of fused-ring (bicyclic) bond motifs is 2. The van der Waals surface area contributed by atoms with Crippen LogP contribution in [0.2, 0.25) is 0 Å². The number of halogens is 1. The van der Waals surface area contributed by atoms with Crippen LogP contribution in [0, 0.1) is 5.92 Å². The third kappa shape index (κ3) is 5.46. The summed E-state index contributed by atoms with van der Waals surface area (Å²) >= 11 is 5.67. The number of hydrogen-bond donors (Lipinski definition) is 1. The standard InChI is InChI=1S/C31H24BrN3O6S2/c1-2-41-30(39)17-11-13-20(14-12-17)33-22(36)16-34-29-26(43-31(34)40)23(18-7-6-8-19(32)15-18)24-25(42-29)28(38)35(27(24)37)21-9-4-3-5-10-21/h3-15,23-25H,2,16H2,1H3,(H,33,36)/t23-,24-,25+/m0/s1. The lowest BCUT2D eigenvalue weighted by Gasteiger charge is -2.30. The minimum absolute atomic E-state index is 0.253. The molecule has 218 valence electrons. The monoisotopic (exact) mass is 677 g/mol. The van der Waals surface area contributed by atoms with Gasteiger partial charge in [0.1, 0.15) is 11.8 Å². The van der Waals surface area contributed by atoms with E-state index in [1.165, 1.54) is 9.47 Å². The van der Waals surface area contributed by atoms with Gasteiger partial charge in [0.25, 0.3) is 0 Å². The molecule has 9 nitrogen and oxygen atoms in total. The largest absolute Gasteiger partial charge is 0.462 e. The van der Waals surface area contributed by atoms with Crippen LogP contribution in [0.4, 0.5) is 11.4 Å². The predicted octanol–water partition coefficient (Wildman–Crippen LogP) is 5.28. The number of amides is 3. The minimum atomic E-state index is -0.775. The van der Waals surface area contributed by atoms with Crippen molar-refractivity contribution in [2.24, 2.45) is 5.92 Å². The van der Waals surface area contributed by atoms with Gasteiger partial charge in [0.15, 0.2) is 0 Å². The van der Waals surface area contributed by atoms with Gasteiger partial charge in [0.05, 0.1) is 28.8 Å². The number of imide groups is 1. The van der Waals surface area contributed by atoms with Crippen LogP contribution in [-0.4, -0.2) is 40.1 Å². The third-order valence-corrected chi connectivity index (χ3v) is 10.3. The van der Waals surface area contributed by atoms with Crippen molar-refractivity contribution in [2.45, 2.75) is 29.7 Å². The average molecular weight is 679 g/mol. The third-order valence-electron chi connectivity index (χ3n) is 7.25. The van der Waals surface area contributed by atoms with Crippen LogP contribution in [-0.2, 0) is 25.7 Å². The first-order valence-corrected chi connectivity index (χ1v) is 15.9. The Morgan fingerprint density at radius 2 is 1.70 bits per heavy atom. The molecule has 12 heteroatoms. The number of ether oxygens (including phenoxy) is 1. The van der Waals surface area contributed by atoms with E-state index in [0.29, 0.717) is 26.8 Å². The number of carbonyl (C=O) groups is 4. The Kier molecular flexibility index (Phi) is 8.08. The fourth-order valence-electron chi connectivity index (χ4n) is 5.39. The molecular weight excluding hydrogens is 654 g/mol. The average Bonchev–Trinajstić information content (AvgIpc) is 3.44. The Hall–Kier alpha value is -4.00. The van der Waals surface area contributed by atoms with E-state index in [4.69, 9.17) is 4.74 Å². The van der Waals surface area contributed by atoms with Gasteiger partial charge in [0.2, 0.25) is 17.7 Å². The van der Waals surface area contributed by atoms with Gasteiger partial charge in [-0.2, -0.15) is 0 Å². The van der Waals surface area contributed by atoms with Crippen LogP contribution >= 0.6 is 39.0 Å². The molecule has 43 heavy (non-hydrogen) atoms. The maximum atomic E-state index is 13.9.